The highest BCUT2D eigenvalue weighted by atomic mass is 32.3. The van der Waals surface area contributed by atoms with Crippen LogP contribution in [-0.4, -0.2) is 35.1 Å². The second-order valence-corrected chi connectivity index (χ2v) is 11.5. The Labute approximate surface area is 163 Å². The molecule has 1 aliphatic rings. The van der Waals surface area contributed by atoms with Gasteiger partial charge in [-0.25, -0.2) is 16.8 Å². The molecule has 6 nitrogen and oxygen atoms in total. The van der Waals surface area contributed by atoms with E-state index in [9.17, 15) is 21.6 Å². The molecule has 144 valence electrons. The van der Waals surface area contributed by atoms with E-state index in [1.165, 1.54) is 17.8 Å². The van der Waals surface area contributed by atoms with E-state index in [4.69, 9.17) is 0 Å². The predicted molar refractivity (Wildman–Crippen MR) is 107 cm³/mol. The van der Waals surface area contributed by atoms with Gasteiger partial charge in [-0.05, 0) is 42.7 Å². The number of Topliss-reactive ketones (excluding diaryl/α,β-unsaturated/α-hetero) is 1. The van der Waals surface area contributed by atoms with Crippen LogP contribution in [0.2, 0.25) is 0 Å². The van der Waals surface area contributed by atoms with Crippen LogP contribution in [0.5, 0.6) is 0 Å². The maximum Gasteiger partial charge on any atom is 0.245 e. The predicted octanol–water partition coefficient (Wildman–Crippen LogP) is 3.00. The van der Waals surface area contributed by atoms with E-state index in [0.29, 0.717) is 32.6 Å². The number of rotatable bonds is 5. The topological polar surface area (TPSA) is 88.6 Å². The quantitative estimate of drug-likeness (QED) is 0.732. The van der Waals surface area contributed by atoms with Crippen molar-refractivity contribution in [2.75, 3.05) is 16.2 Å². The van der Waals surface area contributed by atoms with Crippen LogP contribution in [0.3, 0.4) is 0 Å². The van der Waals surface area contributed by atoms with Crippen molar-refractivity contribution in [3.8, 4) is 0 Å². The molecule has 0 aromatic heterocycles. The molecule has 0 amide bonds. The van der Waals surface area contributed by atoms with Gasteiger partial charge in [-0.15, -0.1) is 0 Å². The van der Waals surface area contributed by atoms with Crippen molar-refractivity contribution in [1.29, 1.82) is 0 Å². The Kier molecular flexibility index (Phi) is 5.13. The van der Waals surface area contributed by atoms with Gasteiger partial charge in [0.25, 0.3) is 0 Å². The SMILES string of the molecule is Cc1ccccc1Sc1cc2c(cc1N(S(C)(=O)=O)S(C)(=O)=O)CCC2=O. The molecule has 0 bridgehead atoms. The van der Waals surface area contributed by atoms with Crippen molar-refractivity contribution in [2.45, 2.75) is 29.6 Å². The van der Waals surface area contributed by atoms with Crippen molar-refractivity contribution in [3.63, 3.8) is 0 Å². The lowest BCUT2D eigenvalue weighted by Crippen LogP contribution is -2.35. The number of nitrogens with zero attached hydrogens (tertiary/aromatic N) is 1. The van der Waals surface area contributed by atoms with Crippen LogP contribution in [0.25, 0.3) is 0 Å². The van der Waals surface area contributed by atoms with Gasteiger partial charge in [0.1, 0.15) is 0 Å². The first-order valence-electron chi connectivity index (χ1n) is 8.12. The average Bonchev–Trinajstić information content (AvgIpc) is 2.87. The lowest BCUT2D eigenvalue weighted by molar-refractivity contribution is 0.0994. The number of aryl methyl sites for hydroxylation is 2. The van der Waals surface area contributed by atoms with Gasteiger partial charge in [0.05, 0.1) is 18.2 Å². The molecule has 3 rings (SSSR count). The standard InChI is InChI=1S/C18H19NO5S3/c1-12-6-4-5-7-17(12)25-18-11-14-13(8-9-16(14)20)10-15(18)19(26(2,21)22)27(3,23)24/h4-7,10-11H,8-9H2,1-3H3. The summed E-state index contributed by atoms with van der Waals surface area (Å²) < 4.78 is 49.6. The van der Waals surface area contributed by atoms with Crippen molar-refractivity contribution < 1.29 is 21.6 Å². The number of benzene rings is 2. The monoisotopic (exact) mass is 425 g/mol. The van der Waals surface area contributed by atoms with Gasteiger partial charge in [-0.2, -0.15) is 3.71 Å². The van der Waals surface area contributed by atoms with Gasteiger partial charge in [0, 0.05) is 21.8 Å². The van der Waals surface area contributed by atoms with E-state index in [-0.39, 0.29) is 11.5 Å². The van der Waals surface area contributed by atoms with E-state index in [0.717, 1.165) is 23.0 Å². The van der Waals surface area contributed by atoms with Crippen LogP contribution < -0.4 is 3.71 Å². The van der Waals surface area contributed by atoms with Crippen LogP contribution in [0.4, 0.5) is 5.69 Å². The fourth-order valence-electron chi connectivity index (χ4n) is 3.08. The summed E-state index contributed by atoms with van der Waals surface area (Å²) in [6.45, 7) is 1.91. The summed E-state index contributed by atoms with van der Waals surface area (Å²) in [5, 5.41) is 0. The molecule has 0 unspecified atom stereocenters. The zero-order chi connectivity index (χ0) is 20.0. The van der Waals surface area contributed by atoms with Crippen LogP contribution >= 0.6 is 11.8 Å². The van der Waals surface area contributed by atoms with Gasteiger partial charge < -0.3 is 0 Å². The van der Waals surface area contributed by atoms with Crippen molar-refractivity contribution >= 4 is 43.3 Å². The number of fused-ring (bicyclic) bond motifs is 1. The van der Waals surface area contributed by atoms with Gasteiger partial charge in [-0.1, -0.05) is 30.0 Å². The summed E-state index contributed by atoms with van der Waals surface area (Å²) in [4.78, 5) is 13.4. The fraction of sp³-hybridized carbons (Fsp3) is 0.278. The first-order chi connectivity index (χ1) is 12.5. The van der Waals surface area contributed by atoms with E-state index >= 15 is 0 Å². The highest BCUT2D eigenvalue weighted by Gasteiger charge is 2.32. The largest absolute Gasteiger partial charge is 0.294 e. The van der Waals surface area contributed by atoms with Gasteiger partial charge >= 0.3 is 0 Å². The molecule has 1 aliphatic carbocycles. The van der Waals surface area contributed by atoms with E-state index < -0.39 is 20.0 Å². The first kappa shape index (κ1) is 19.9. The summed E-state index contributed by atoms with van der Waals surface area (Å²) in [7, 11) is -8.17. The Morgan fingerprint density at radius 2 is 1.56 bits per heavy atom. The minimum absolute atomic E-state index is 0.0200. The summed E-state index contributed by atoms with van der Waals surface area (Å²) >= 11 is 1.25. The molecule has 0 saturated heterocycles. The fourth-order valence-corrected chi connectivity index (χ4v) is 7.22. The van der Waals surface area contributed by atoms with Crippen molar-refractivity contribution in [3.05, 3.63) is 53.1 Å². The molecular weight excluding hydrogens is 406 g/mol. The van der Waals surface area contributed by atoms with E-state index in [2.05, 4.69) is 0 Å². The third kappa shape index (κ3) is 4.04. The molecule has 0 atom stereocenters. The molecule has 9 heteroatoms. The van der Waals surface area contributed by atoms with Crippen LogP contribution in [0.15, 0.2) is 46.2 Å². The summed E-state index contributed by atoms with van der Waals surface area (Å²) in [5.74, 6) is -0.0200. The summed E-state index contributed by atoms with van der Waals surface area (Å²) in [5.41, 5.74) is 2.21. The van der Waals surface area contributed by atoms with Crippen LogP contribution in [0, 0.1) is 6.92 Å². The Balaban J connectivity index is 2.26. The van der Waals surface area contributed by atoms with Crippen molar-refractivity contribution in [2.24, 2.45) is 0 Å². The molecule has 0 N–H and O–H groups in total. The van der Waals surface area contributed by atoms with E-state index in [1.54, 1.807) is 6.07 Å². The summed E-state index contributed by atoms with van der Waals surface area (Å²) in [6.07, 6.45) is 2.52. The number of ketones is 1. The Morgan fingerprint density at radius 1 is 0.926 bits per heavy atom. The zero-order valence-corrected chi connectivity index (χ0v) is 17.5. The first-order valence-corrected chi connectivity index (χ1v) is 12.6. The molecule has 0 aliphatic heterocycles. The molecule has 27 heavy (non-hydrogen) atoms. The second-order valence-electron chi connectivity index (χ2n) is 6.49. The maximum atomic E-state index is 12.3. The highest BCUT2D eigenvalue weighted by Crippen LogP contribution is 2.42. The third-order valence-electron chi connectivity index (χ3n) is 4.22. The number of anilines is 1. The molecule has 0 fully saturated rings. The normalized spacial score (nSPS) is 14.3. The lowest BCUT2D eigenvalue weighted by atomic mass is 10.1. The Hall–Kier alpha value is -1.84. The number of carbonyl (C=O) groups excluding carboxylic acids is 1. The molecule has 0 heterocycles. The second kappa shape index (κ2) is 6.96. The molecule has 0 radical (unpaired) electrons. The van der Waals surface area contributed by atoms with Gasteiger partial charge in [0.2, 0.25) is 20.0 Å². The lowest BCUT2D eigenvalue weighted by Gasteiger charge is -2.23. The molecular formula is C18H19NO5S3. The highest BCUT2D eigenvalue weighted by molar-refractivity contribution is 8.09. The molecule has 2 aromatic carbocycles. The van der Waals surface area contributed by atoms with E-state index in [1.807, 2.05) is 31.2 Å². The Morgan fingerprint density at radius 3 is 2.15 bits per heavy atom. The molecule has 2 aromatic rings. The zero-order valence-electron chi connectivity index (χ0n) is 15.1. The van der Waals surface area contributed by atoms with Gasteiger partial charge in [-0.3, -0.25) is 4.79 Å². The average molecular weight is 426 g/mol. The van der Waals surface area contributed by atoms with Crippen LogP contribution in [0.1, 0.15) is 27.9 Å². The molecule has 0 spiro atoms. The van der Waals surface area contributed by atoms with Crippen LogP contribution in [-0.2, 0) is 26.5 Å². The molecule has 0 saturated carbocycles. The summed E-state index contributed by atoms with van der Waals surface area (Å²) in [6, 6.07) is 10.6. The third-order valence-corrected chi connectivity index (χ3v) is 8.67. The number of sulfonamides is 2. The minimum atomic E-state index is -4.08. The number of hydrogen-bond donors (Lipinski definition) is 0. The van der Waals surface area contributed by atoms with Gasteiger partial charge in [0.15, 0.2) is 5.78 Å². The number of hydrogen-bond acceptors (Lipinski definition) is 6. The Bertz CT molecular complexity index is 1110. The smallest absolute Gasteiger partial charge is 0.245 e. The maximum absolute atomic E-state index is 12.3. The van der Waals surface area contributed by atoms with Crippen molar-refractivity contribution in [1.82, 2.24) is 0 Å². The number of carbonyl (C=O) groups is 1. The minimum Gasteiger partial charge on any atom is -0.294 e.